The summed E-state index contributed by atoms with van der Waals surface area (Å²) < 4.78 is 5.52. The molecular weight excluding hydrogens is 394 g/mol. The summed E-state index contributed by atoms with van der Waals surface area (Å²) in [6, 6.07) is 22.1. The zero-order valence-corrected chi connectivity index (χ0v) is 15.8. The molecule has 0 bridgehead atoms. The van der Waals surface area contributed by atoms with E-state index in [-0.39, 0.29) is 5.33 Å². The number of carbonyl (C=O) groups excluding carboxylic acids is 2. The molecule has 0 saturated carbocycles. The molecule has 3 rings (SSSR count). The molecule has 0 spiro atoms. The van der Waals surface area contributed by atoms with Gasteiger partial charge in [0.25, 0.3) is 5.91 Å². The third-order valence-electron chi connectivity index (χ3n) is 4.10. The Bertz CT molecular complexity index is 937. The normalized spacial score (nSPS) is 13.0. The van der Waals surface area contributed by atoms with E-state index in [1.807, 2.05) is 48.5 Å². The van der Waals surface area contributed by atoms with Crippen LogP contribution in [0.25, 0.3) is 10.8 Å². The van der Waals surface area contributed by atoms with Gasteiger partial charge in [-0.05, 0) is 30.5 Å². The fourth-order valence-corrected chi connectivity index (χ4v) is 2.93. The van der Waals surface area contributed by atoms with E-state index in [2.05, 4.69) is 21.2 Å². The molecule has 0 aliphatic rings. The van der Waals surface area contributed by atoms with Crippen LogP contribution in [-0.4, -0.2) is 22.8 Å². The number of anilines is 1. The average Bonchev–Trinajstić information content (AvgIpc) is 2.68. The van der Waals surface area contributed by atoms with Gasteiger partial charge < -0.3 is 10.1 Å². The van der Waals surface area contributed by atoms with Gasteiger partial charge in [-0.25, -0.2) is 4.79 Å². The van der Waals surface area contributed by atoms with E-state index < -0.39 is 17.5 Å². The molecule has 3 aromatic rings. The van der Waals surface area contributed by atoms with Crippen LogP contribution < -0.4 is 5.32 Å². The molecule has 0 aliphatic carbocycles. The van der Waals surface area contributed by atoms with Crippen LogP contribution in [-0.2, 0) is 9.53 Å². The number of amides is 1. The highest BCUT2D eigenvalue weighted by molar-refractivity contribution is 9.09. The summed E-state index contributed by atoms with van der Waals surface area (Å²) in [4.78, 5) is 25.2. The van der Waals surface area contributed by atoms with Gasteiger partial charge >= 0.3 is 5.97 Å². The van der Waals surface area contributed by atoms with Crippen molar-refractivity contribution in [1.29, 1.82) is 0 Å². The first-order valence-electron chi connectivity index (χ1n) is 8.17. The zero-order chi connectivity index (χ0) is 18.6. The fraction of sp³-hybridized carbons (Fsp3) is 0.143. The molecule has 0 unspecified atom stereocenters. The van der Waals surface area contributed by atoms with Crippen molar-refractivity contribution in [3.8, 4) is 0 Å². The van der Waals surface area contributed by atoms with Gasteiger partial charge in [-0.1, -0.05) is 70.5 Å². The van der Waals surface area contributed by atoms with Crippen LogP contribution in [0.2, 0.25) is 0 Å². The molecule has 1 N–H and O–H groups in total. The van der Waals surface area contributed by atoms with Crippen LogP contribution in [0.1, 0.15) is 17.3 Å². The molecule has 0 saturated heterocycles. The largest absolute Gasteiger partial charge is 0.445 e. The molecule has 0 fully saturated rings. The summed E-state index contributed by atoms with van der Waals surface area (Å²) in [6.45, 7) is 1.59. The van der Waals surface area contributed by atoms with Crippen molar-refractivity contribution in [2.75, 3.05) is 10.6 Å². The van der Waals surface area contributed by atoms with Crippen LogP contribution in [0.4, 0.5) is 5.69 Å². The number of rotatable bonds is 5. The number of nitrogens with one attached hydrogen (secondary N) is 1. The lowest BCUT2D eigenvalue weighted by Gasteiger charge is -2.26. The second-order valence-electron chi connectivity index (χ2n) is 6.10. The van der Waals surface area contributed by atoms with Crippen LogP contribution >= 0.6 is 15.9 Å². The van der Waals surface area contributed by atoms with Crippen molar-refractivity contribution in [1.82, 2.24) is 0 Å². The molecule has 26 heavy (non-hydrogen) atoms. The molecule has 0 radical (unpaired) electrons. The molecule has 5 heteroatoms. The average molecular weight is 412 g/mol. The Morgan fingerprint density at radius 3 is 2.35 bits per heavy atom. The number of esters is 1. The zero-order valence-electron chi connectivity index (χ0n) is 14.2. The van der Waals surface area contributed by atoms with Gasteiger partial charge in [0, 0.05) is 11.1 Å². The van der Waals surface area contributed by atoms with Crippen LogP contribution in [0.5, 0.6) is 0 Å². The van der Waals surface area contributed by atoms with E-state index in [0.29, 0.717) is 11.3 Å². The summed E-state index contributed by atoms with van der Waals surface area (Å²) >= 11 is 3.30. The predicted molar refractivity (Wildman–Crippen MR) is 107 cm³/mol. The lowest BCUT2D eigenvalue weighted by molar-refractivity contribution is -0.131. The summed E-state index contributed by atoms with van der Waals surface area (Å²) in [7, 11) is 0. The number of hydrogen-bond donors (Lipinski definition) is 1. The highest BCUT2D eigenvalue weighted by Gasteiger charge is 2.37. The standard InChI is InChI=1S/C21H18BrNO3/c1-21(14-22,26-19(24)16-9-3-2-4-10-16)20(25)23-18-13-7-11-15-8-5-6-12-17(15)18/h2-13H,14H2,1H3,(H,23,25)/t21-/m1/s1. The predicted octanol–water partition coefficient (Wildman–Crippen LogP) is 4.79. The maximum Gasteiger partial charge on any atom is 0.339 e. The van der Waals surface area contributed by atoms with Gasteiger partial charge in [0.05, 0.1) is 10.9 Å². The molecule has 0 aliphatic heterocycles. The maximum atomic E-state index is 12.9. The van der Waals surface area contributed by atoms with Gasteiger partial charge in [0.1, 0.15) is 0 Å². The molecule has 1 atom stereocenters. The second kappa shape index (κ2) is 7.70. The first-order chi connectivity index (χ1) is 12.5. The van der Waals surface area contributed by atoms with Crippen LogP contribution in [0.15, 0.2) is 72.8 Å². The molecule has 0 heterocycles. The van der Waals surface area contributed by atoms with Crippen LogP contribution in [0.3, 0.4) is 0 Å². The molecule has 1 amide bonds. The Kier molecular flexibility index (Phi) is 5.38. The Hall–Kier alpha value is -2.66. The fourth-order valence-electron chi connectivity index (χ4n) is 2.56. The monoisotopic (exact) mass is 411 g/mol. The number of hydrogen-bond acceptors (Lipinski definition) is 3. The van der Waals surface area contributed by atoms with E-state index in [4.69, 9.17) is 4.74 Å². The summed E-state index contributed by atoms with van der Waals surface area (Å²) in [5, 5.41) is 5.01. The summed E-state index contributed by atoms with van der Waals surface area (Å²) in [5.74, 6) is -0.935. The van der Waals surface area contributed by atoms with Crippen molar-refractivity contribution in [3.05, 3.63) is 78.4 Å². The minimum atomic E-state index is -1.34. The van der Waals surface area contributed by atoms with E-state index in [9.17, 15) is 9.59 Å². The first kappa shape index (κ1) is 18.1. The number of halogens is 1. The topological polar surface area (TPSA) is 55.4 Å². The van der Waals surface area contributed by atoms with E-state index in [0.717, 1.165) is 10.8 Å². The Balaban J connectivity index is 1.82. The van der Waals surface area contributed by atoms with Crippen molar-refractivity contribution < 1.29 is 14.3 Å². The van der Waals surface area contributed by atoms with Crippen LogP contribution in [0, 0.1) is 0 Å². The molecule has 132 valence electrons. The van der Waals surface area contributed by atoms with Crippen molar-refractivity contribution in [2.45, 2.75) is 12.5 Å². The van der Waals surface area contributed by atoms with Gasteiger partial charge in [0.2, 0.25) is 0 Å². The summed E-state index contributed by atoms with van der Waals surface area (Å²) in [6.07, 6.45) is 0. The Labute approximate surface area is 160 Å². The minimum absolute atomic E-state index is 0.176. The van der Waals surface area contributed by atoms with Gasteiger partial charge in [-0.15, -0.1) is 0 Å². The first-order valence-corrected chi connectivity index (χ1v) is 9.29. The highest BCUT2D eigenvalue weighted by atomic mass is 79.9. The lowest BCUT2D eigenvalue weighted by Crippen LogP contribution is -2.46. The van der Waals surface area contributed by atoms with E-state index in [1.54, 1.807) is 31.2 Å². The van der Waals surface area contributed by atoms with Gasteiger partial charge in [-0.3, -0.25) is 4.79 Å². The Morgan fingerprint density at radius 2 is 1.62 bits per heavy atom. The molecule has 4 nitrogen and oxygen atoms in total. The minimum Gasteiger partial charge on any atom is -0.445 e. The van der Waals surface area contributed by atoms with Gasteiger partial charge in [0.15, 0.2) is 5.60 Å². The van der Waals surface area contributed by atoms with E-state index >= 15 is 0 Å². The molecular formula is C21H18BrNO3. The number of fused-ring (bicyclic) bond motifs is 1. The smallest absolute Gasteiger partial charge is 0.339 e. The third kappa shape index (κ3) is 3.78. The SMILES string of the molecule is C[C@](CBr)(OC(=O)c1ccccc1)C(=O)Nc1cccc2ccccc12. The third-order valence-corrected chi connectivity index (χ3v) is 5.17. The summed E-state index contributed by atoms with van der Waals surface area (Å²) in [5.41, 5.74) is -0.266. The quantitative estimate of drug-likeness (QED) is 0.484. The molecule has 0 aromatic heterocycles. The number of ether oxygens (including phenoxy) is 1. The Morgan fingerprint density at radius 1 is 0.962 bits per heavy atom. The lowest BCUT2D eigenvalue weighted by atomic mass is 10.1. The maximum absolute atomic E-state index is 12.9. The van der Waals surface area contributed by atoms with E-state index in [1.165, 1.54) is 0 Å². The van der Waals surface area contributed by atoms with Crippen molar-refractivity contribution in [2.24, 2.45) is 0 Å². The molecule has 3 aromatic carbocycles. The van der Waals surface area contributed by atoms with Gasteiger partial charge in [-0.2, -0.15) is 0 Å². The number of carbonyl (C=O) groups is 2. The highest BCUT2D eigenvalue weighted by Crippen LogP contribution is 2.25. The number of alkyl halides is 1. The second-order valence-corrected chi connectivity index (χ2v) is 6.66. The van der Waals surface area contributed by atoms with Crippen molar-refractivity contribution in [3.63, 3.8) is 0 Å². The van der Waals surface area contributed by atoms with Crippen molar-refractivity contribution >= 4 is 44.3 Å². The number of benzene rings is 3.